The molecule has 140 valence electrons. The van der Waals surface area contributed by atoms with E-state index in [1.807, 2.05) is 0 Å². The monoisotopic (exact) mass is 395 g/mol. The van der Waals surface area contributed by atoms with Gasteiger partial charge in [-0.25, -0.2) is 4.79 Å². The predicted molar refractivity (Wildman–Crippen MR) is 98.4 cm³/mol. The maximum absolute atomic E-state index is 11.7. The fraction of sp³-hybridized carbons (Fsp3) is 0.471. The van der Waals surface area contributed by atoms with Gasteiger partial charge in [-0.2, -0.15) is 0 Å². The molecule has 1 aromatic carbocycles. The Labute approximate surface area is 180 Å². The van der Waals surface area contributed by atoms with Crippen LogP contribution in [0.1, 0.15) is 39.5 Å². The number of nitrogens with one attached hydrogen (secondary N) is 1. The van der Waals surface area contributed by atoms with Crippen molar-refractivity contribution in [2.24, 2.45) is 0 Å². The van der Waals surface area contributed by atoms with Gasteiger partial charge in [0.2, 0.25) is 6.29 Å². The van der Waals surface area contributed by atoms with Crippen LogP contribution in [0.25, 0.3) is 0 Å². The topological polar surface area (TPSA) is 90.9 Å². The number of amides is 1. The molecular weight excluding hydrogens is 373 g/mol. The van der Waals surface area contributed by atoms with E-state index in [4.69, 9.17) is 25.8 Å². The summed E-state index contributed by atoms with van der Waals surface area (Å²) < 4.78 is 15.0. The zero-order chi connectivity index (χ0) is 18.7. The van der Waals surface area contributed by atoms with Crippen LogP contribution >= 0.6 is 11.6 Å². The first kappa shape index (κ1) is 24.7. The number of hydrogen-bond donors (Lipinski definition) is 1. The predicted octanol–water partition coefficient (Wildman–Crippen LogP) is 2.79. The Bertz CT molecular complexity index is 581. The molecule has 0 radical (unpaired) electrons. The number of esters is 2. The molecule has 1 atom stereocenters. The summed E-state index contributed by atoms with van der Waals surface area (Å²) in [6.45, 7) is 3.61. The van der Waals surface area contributed by atoms with Crippen LogP contribution in [0.4, 0.5) is 4.79 Å². The fourth-order valence-electron chi connectivity index (χ4n) is 1.69. The van der Waals surface area contributed by atoms with Gasteiger partial charge in [0.15, 0.2) is 0 Å². The molecule has 9 heteroatoms. The molecule has 7 nitrogen and oxygen atoms in total. The Hall–Kier alpha value is -1.28. The van der Waals surface area contributed by atoms with Crippen LogP contribution in [0, 0.1) is 0 Å². The molecule has 0 aromatic heterocycles. The summed E-state index contributed by atoms with van der Waals surface area (Å²) in [5, 5.41) is 3.04. The van der Waals surface area contributed by atoms with Crippen molar-refractivity contribution in [2.45, 2.75) is 45.8 Å². The average molecular weight is 396 g/mol. The van der Waals surface area contributed by atoms with Crippen LogP contribution in [-0.2, 0) is 19.1 Å². The van der Waals surface area contributed by atoms with E-state index in [1.165, 1.54) is 0 Å². The van der Waals surface area contributed by atoms with E-state index in [0.717, 1.165) is 0 Å². The first-order valence-corrected chi connectivity index (χ1v) is 8.42. The molecule has 1 unspecified atom stereocenters. The molecule has 0 aliphatic rings. The van der Waals surface area contributed by atoms with Gasteiger partial charge >= 0.3 is 47.6 Å². The van der Waals surface area contributed by atoms with Crippen LogP contribution in [0.15, 0.2) is 24.3 Å². The van der Waals surface area contributed by atoms with Crippen molar-refractivity contribution >= 4 is 59.2 Å². The molecule has 0 bridgehead atoms. The van der Waals surface area contributed by atoms with Gasteiger partial charge < -0.3 is 19.5 Å². The summed E-state index contributed by atoms with van der Waals surface area (Å²) in [4.78, 5) is 34.4. The molecule has 0 heterocycles. The van der Waals surface area contributed by atoms with Gasteiger partial charge in [-0.1, -0.05) is 25.4 Å². The first-order valence-electron chi connectivity index (χ1n) is 8.04. The normalized spacial score (nSPS) is 10.9. The van der Waals surface area contributed by atoms with Crippen LogP contribution < -0.4 is 10.1 Å². The van der Waals surface area contributed by atoms with Gasteiger partial charge in [0, 0.05) is 30.8 Å². The Kier molecular flexibility index (Phi) is 13.2. The molecule has 0 aliphatic carbocycles. The summed E-state index contributed by atoms with van der Waals surface area (Å²) in [7, 11) is 0. The van der Waals surface area contributed by atoms with Gasteiger partial charge in [-0.05, 0) is 30.7 Å². The van der Waals surface area contributed by atoms with E-state index in [9.17, 15) is 14.4 Å². The Morgan fingerprint density at radius 1 is 1.08 bits per heavy atom. The van der Waals surface area contributed by atoms with Crippen molar-refractivity contribution in [3.05, 3.63) is 29.3 Å². The second kappa shape index (κ2) is 13.9. The van der Waals surface area contributed by atoms with E-state index < -0.39 is 24.3 Å². The summed E-state index contributed by atoms with van der Waals surface area (Å²) in [5.41, 5.74) is 0. The Morgan fingerprint density at radius 2 is 1.73 bits per heavy atom. The van der Waals surface area contributed by atoms with E-state index >= 15 is 0 Å². The van der Waals surface area contributed by atoms with Gasteiger partial charge in [-0.3, -0.25) is 9.59 Å². The van der Waals surface area contributed by atoms with Crippen molar-refractivity contribution in [3.63, 3.8) is 0 Å². The molecule has 0 saturated heterocycles. The summed E-state index contributed by atoms with van der Waals surface area (Å²) in [6.07, 6.45) is -0.550. The third-order valence-corrected chi connectivity index (χ3v) is 3.25. The first-order chi connectivity index (χ1) is 11.9. The number of carbonyl (C=O) groups excluding carboxylic acids is 3. The summed E-state index contributed by atoms with van der Waals surface area (Å²) in [5.74, 6) is -0.448. The van der Waals surface area contributed by atoms with E-state index in [2.05, 4.69) is 5.32 Å². The van der Waals surface area contributed by atoms with E-state index in [0.29, 0.717) is 23.6 Å². The Balaban J connectivity index is 0.00000625. The van der Waals surface area contributed by atoms with E-state index in [-0.39, 0.29) is 48.9 Å². The third kappa shape index (κ3) is 10.7. The molecule has 0 fully saturated rings. The minimum atomic E-state index is -0.915. The molecular formula is C17H23ClNNaO6. The molecule has 1 rings (SSSR count). The second-order valence-electron chi connectivity index (χ2n) is 5.04. The second-order valence-corrected chi connectivity index (χ2v) is 5.48. The van der Waals surface area contributed by atoms with Gasteiger partial charge in [0.25, 0.3) is 0 Å². The molecule has 0 saturated carbocycles. The number of ether oxygens (including phenoxy) is 3. The molecule has 0 spiro atoms. The quantitative estimate of drug-likeness (QED) is 0.227. The number of halogens is 1. The maximum atomic E-state index is 11.7. The van der Waals surface area contributed by atoms with Crippen LogP contribution in [-0.4, -0.2) is 60.4 Å². The van der Waals surface area contributed by atoms with Crippen molar-refractivity contribution in [3.8, 4) is 5.75 Å². The summed E-state index contributed by atoms with van der Waals surface area (Å²) in [6, 6.07) is 6.44. The standard InChI is InChI=1S/C17H22ClNO6.Na.H/c1-3-14(20)24-16(4-2)25-17(22)19-11-5-6-15(21)23-13-9-7-12(18)8-10-13;;/h7-10,16H,3-6,11H2,1-2H3,(H,19,22);;. The number of rotatable bonds is 9. The van der Waals surface area contributed by atoms with E-state index in [1.54, 1.807) is 38.1 Å². The van der Waals surface area contributed by atoms with Crippen molar-refractivity contribution < 1.29 is 28.6 Å². The van der Waals surface area contributed by atoms with Crippen molar-refractivity contribution in [2.75, 3.05) is 6.54 Å². The number of carbonyl (C=O) groups is 3. The van der Waals surface area contributed by atoms with Crippen LogP contribution in [0.3, 0.4) is 0 Å². The van der Waals surface area contributed by atoms with Crippen molar-refractivity contribution in [1.82, 2.24) is 5.32 Å². The molecule has 1 aromatic rings. The molecule has 1 N–H and O–H groups in total. The minimum absolute atomic E-state index is 0. The third-order valence-electron chi connectivity index (χ3n) is 3.00. The van der Waals surface area contributed by atoms with Gasteiger partial charge in [0.05, 0.1) is 0 Å². The zero-order valence-electron chi connectivity index (χ0n) is 14.2. The number of benzene rings is 1. The molecule has 1 amide bonds. The SMILES string of the molecule is CCC(=O)OC(CC)OC(=O)NCCCC(=O)Oc1ccc(Cl)cc1.[NaH]. The fourth-order valence-corrected chi connectivity index (χ4v) is 1.82. The summed E-state index contributed by atoms with van der Waals surface area (Å²) >= 11 is 5.74. The van der Waals surface area contributed by atoms with Crippen LogP contribution in [0.2, 0.25) is 5.02 Å². The Morgan fingerprint density at radius 3 is 2.31 bits per heavy atom. The number of hydrogen-bond acceptors (Lipinski definition) is 6. The van der Waals surface area contributed by atoms with Crippen molar-refractivity contribution in [1.29, 1.82) is 0 Å². The van der Waals surface area contributed by atoms with Gasteiger partial charge in [-0.15, -0.1) is 0 Å². The number of alkyl carbamates (subject to hydrolysis) is 1. The molecule has 26 heavy (non-hydrogen) atoms. The van der Waals surface area contributed by atoms with Crippen LogP contribution in [0.5, 0.6) is 5.75 Å². The average Bonchev–Trinajstić information content (AvgIpc) is 2.60. The zero-order valence-corrected chi connectivity index (χ0v) is 15.0. The molecule has 0 aliphatic heterocycles. The van der Waals surface area contributed by atoms with Gasteiger partial charge in [0.1, 0.15) is 5.75 Å².